The van der Waals surface area contributed by atoms with Crippen LogP contribution in [0.25, 0.3) is 0 Å². The Morgan fingerprint density at radius 3 is 1.60 bits per heavy atom. The predicted octanol–water partition coefficient (Wildman–Crippen LogP) is 2.41. The van der Waals surface area contributed by atoms with Crippen molar-refractivity contribution in [3.63, 3.8) is 0 Å². The van der Waals surface area contributed by atoms with E-state index in [2.05, 4.69) is 10.5 Å². The molecule has 0 unspecified atom stereocenters. The first-order valence-corrected chi connectivity index (χ1v) is 5.03. The van der Waals surface area contributed by atoms with Gasteiger partial charge in [0.15, 0.2) is 0 Å². The quantitative estimate of drug-likeness (QED) is 0.459. The van der Waals surface area contributed by atoms with Gasteiger partial charge in [-0.05, 0) is 23.3 Å². The van der Waals surface area contributed by atoms with Crippen LogP contribution in [-0.2, 0) is 0 Å². The molecule has 0 nitrogen and oxygen atoms in total. The van der Waals surface area contributed by atoms with Gasteiger partial charge in [-0.1, -0.05) is 23.5 Å². The van der Waals surface area contributed by atoms with Gasteiger partial charge in [-0.15, -0.1) is 12.8 Å². The van der Waals surface area contributed by atoms with Crippen molar-refractivity contribution in [2.24, 2.45) is 0 Å². The van der Waals surface area contributed by atoms with E-state index in [0.717, 1.165) is 11.5 Å². The summed E-state index contributed by atoms with van der Waals surface area (Å²) in [6.07, 6.45) is 12.4. The number of thioether (sulfide) groups is 2. The average Bonchev–Trinajstić information content (AvgIpc) is 1.97. The van der Waals surface area contributed by atoms with Crippen molar-refractivity contribution in [3.05, 3.63) is 0 Å². The Morgan fingerprint density at radius 1 is 0.900 bits per heavy atom. The first-order chi connectivity index (χ1) is 4.91. The maximum absolute atomic E-state index is 5.04. The highest BCUT2D eigenvalue weighted by Gasteiger charge is 1.86. The molecule has 54 valence electrons. The minimum atomic E-state index is 1.06. The molecule has 0 saturated carbocycles. The zero-order valence-corrected chi connectivity index (χ0v) is 7.43. The Hall–Kier alpha value is -0.180. The molecule has 0 aliphatic carbocycles. The largest absolute Gasteiger partial charge is 0.108 e. The van der Waals surface area contributed by atoms with Crippen LogP contribution in [0.1, 0.15) is 12.8 Å². The topological polar surface area (TPSA) is 0 Å². The molecule has 0 spiro atoms. The van der Waals surface area contributed by atoms with Crippen LogP contribution in [-0.4, -0.2) is 11.5 Å². The van der Waals surface area contributed by atoms with E-state index >= 15 is 0 Å². The summed E-state index contributed by atoms with van der Waals surface area (Å²) in [4.78, 5) is 0. The van der Waals surface area contributed by atoms with Gasteiger partial charge in [0.2, 0.25) is 0 Å². The molecule has 2 heteroatoms. The van der Waals surface area contributed by atoms with Crippen molar-refractivity contribution >= 4 is 23.5 Å². The van der Waals surface area contributed by atoms with Crippen LogP contribution in [0.2, 0.25) is 0 Å². The molecule has 0 aromatic rings. The average molecular weight is 170 g/mol. The van der Waals surface area contributed by atoms with Crippen LogP contribution >= 0.6 is 23.5 Å². The second-order valence-electron chi connectivity index (χ2n) is 1.64. The van der Waals surface area contributed by atoms with Gasteiger partial charge in [-0.2, -0.15) is 0 Å². The molecular formula is C8H10S2. The van der Waals surface area contributed by atoms with Crippen LogP contribution in [0.3, 0.4) is 0 Å². The molecule has 0 radical (unpaired) electrons. The fourth-order valence-electron chi connectivity index (χ4n) is 0.466. The van der Waals surface area contributed by atoms with Crippen molar-refractivity contribution in [1.29, 1.82) is 0 Å². The number of hydrogen-bond acceptors (Lipinski definition) is 2. The molecule has 0 aliphatic rings. The number of unbranched alkanes of at least 4 members (excludes halogenated alkanes) is 1. The lowest BCUT2D eigenvalue weighted by atomic mass is 10.4. The number of terminal acetylenes is 2. The summed E-state index contributed by atoms with van der Waals surface area (Å²) < 4.78 is 0. The summed E-state index contributed by atoms with van der Waals surface area (Å²) in [7, 11) is 0. The highest BCUT2D eigenvalue weighted by atomic mass is 32.2. The van der Waals surface area contributed by atoms with E-state index in [1.807, 2.05) is 0 Å². The van der Waals surface area contributed by atoms with E-state index in [1.165, 1.54) is 36.4 Å². The molecule has 0 aromatic carbocycles. The predicted molar refractivity (Wildman–Crippen MR) is 51.8 cm³/mol. The van der Waals surface area contributed by atoms with Gasteiger partial charge in [-0.3, -0.25) is 0 Å². The van der Waals surface area contributed by atoms with Crippen LogP contribution in [0.15, 0.2) is 0 Å². The highest BCUT2D eigenvalue weighted by Crippen LogP contribution is 2.05. The smallest absolute Gasteiger partial charge is 0.00569 e. The first-order valence-electron chi connectivity index (χ1n) is 3.06. The van der Waals surface area contributed by atoms with E-state index in [4.69, 9.17) is 12.8 Å². The summed E-state index contributed by atoms with van der Waals surface area (Å²) >= 11 is 3.07. The zero-order chi connectivity index (χ0) is 7.66. The minimum absolute atomic E-state index is 1.06. The van der Waals surface area contributed by atoms with Gasteiger partial charge in [0.25, 0.3) is 0 Å². The van der Waals surface area contributed by atoms with Crippen LogP contribution in [0.5, 0.6) is 0 Å². The Bertz CT molecular complexity index is 120. The fraction of sp³-hybridized carbons (Fsp3) is 0.500. The summed E-state index contributed by atoms with van der Waals surface area (Å²) in [5.41, 5.74) is 0. The molecule has 0 aliphatic heterocycles. The van der Waals surface area contributed by atoms with Crippen LogP contribution in [0.4, 0.5) is 0 Å². The molecule has 0 aromatic heterocycles. The molecule has 0 rings (SSSR count). The molecule has 0 saturated heterocycles. The molecule has 0 N–H and O–H groups in total. The third-order valence-electron chi connectivity index (χ3n) is 0.909. The van der Waals surface area contributed by atoms with E-state index in [-0.39, 0.29) is 0 Å². The molecule has 10 heavy (non-hydrogen) atoms. The normalized spacial score (nSPS) is 8.20. The zero-order valence-electron chi connectivity index (χ0n) is 5.80. The Kier molecular flexibility index (Phi) is 8.66. The van der Waals surface area contributed by atoms with Gasteiger partial charge in [0, 0.05) is 11.5 Å². The molecular weight excluding hydrogens is 160 g/mol. The fourth-order valence-corrected chi connectivity index (χ4v) is 1.40. The van der Waals surface area contributed by atoms with Gasteiger partial charge < -0.3 is 0 Å². The summed E-state index contributed by atoms with van der Waals surface area (Å²) in [5, 5.41) is 5.06. The van der Waals surface area contributed by atoms with E-state index in [1.54, 1.807) is 0 Å². The van der Waals surface area contributed by atoms with Gasteiger partial charge >= 0.3 is 0 Å². The van der Waals surface area contributed by atoms with Crippen molar-refractivity contribution in [2.45, 2.75) is 12.8 Å². The van der Waals surface area contributed by atoms with Crippen LogP contribution in [0, 0.1) is 23.4 Å². The monoisotopic (exact) mass is 170 g/mol. The highest BCUT2D eigenvalue weighted by molar-refractivity contribution is 8.04. The third kappa shape index (κ3) is 7.82. The standard InChI is InChI=1S/C8H10S2/c1-3-9-7-5-6-8-10-4-2/h1-2H,5-8H2. The van der Waals surface area contributed by atoms with Crippen molar-refractivity contribution in [1.82, 2.24) is 0 Å². The van der Waals surface area contributed by atoms with Crippen molar-refractivity contribution < 1.29 is 0 Å². The second kappa shape index (κ2) is 8.82. The lowest BCUT2D eigenvalue weighted by molar-refractivity contribution is 0.910. The second-order valence-corrected chi connectivity index (χ2v) is 3.50. The Labute approximate surface area is 71.5 Å². The maximum atomic E-state index is 5.04. The SMILES string of the molecule is C#CSCCCCSC#C. The minimum Gasteiger partial charge on any atom is -0.108 e. The molecule has 0 bridgehead atoms. The maximum Gasteiger partial charge on any atom is 0.00569 e. The van der Waals surface area contributed by atoms with Gasteiger partial charge in [0.05, 0.1) is 0 Å². The molecule has 0 atom stereocenters. The van der Waals surface area contributed by atoms with E-state index in [0.29, 0.717) is 0 Å². The molecule has 0 amide bonds. The molecule has 0 fully saturated rings. The Morgan fingerprint density at radius 2 is 1.30 bits per heavy atom. The lowest BCUT2D eigenvalue weighted by Gasteiger charge is -1.92. The lowest BCUT2D eigenvalue weighted by Crippen LogP contribution is -1.80. The first kappa shape index (κ1) is 9.82. The molecule has 0 heterocycles. The van der Waals surface area contributed by atoms with E-state index < -0.39 is 0 Å². The summed E-state index contributed by atoms with van der Waals surface area (Å²) in [5.74, 6) is 2.11. The van der Waals surface area contributed by atoms with Crippen molar-refractivity contribution in [3.8, 4) is 23.4 Å². The van der Waals surface area contributed by atoms with Gasteiger partial charge in [0.1, 0.15) is 0 Å². The summed E-state index contributed by atoms with van der Waals surface area (Å²) in [6, 6.07) is 0. The van der Waals surface area contributed by atoms with Gasteiger partial charge in [-0.25, -0.2) is 0 Å². The Balaban J connectivity index is 2.80. The van der Waals surface area contributed by atoms with Crippen LogP contribution < -0.4 is 0 Å². The third-order valence-corrected chi connectivity index (χ3v) is 2.23. The number of hydrogen-bond donors (Lipinski definition) is 0. The summed E-state index contributed by atoms with van der Waals surface area (Å²) in [6.45, 7) is 0. The number of rotatable bonds is 5. The van der Waals surface area contributed by atoms with E-state index in [9.17, 15) is 0 Å². The van der Waals surface area contributed by atoms with Crippen molar-refractivity contribution in [2.75, 3.05) is 11.5 Å².